The number of nitrogens with zero attached hydrogens (tertiary/aromatic N) is 3. The molecule has 1 saturated heterocycles. The SMILES string of the molecule is CC(Oc1ccc([N+](=O)[O-])cc1Cl)C(=O)N1CCN(Cc2ccccc2)CC1. The second-order valence-corrected chi connectivity index (χ2v) is 7.13. The molecule has 1 aliphatic heterocycles. The lowest BCUT2D eigenvalue weighted by atomic mass is 10.2. The van der Waals surface area contributed by atoms with E-state index < -0.39 is 11.0 Å². The first-order chi connectivity index (χ1) is 13.4. The van der Waals surface area contributed by atoms with E-state index in [1.807, 2.05) is 18.2 Å². The maximum atomic E-state index is 12.7. The van der Waals surface area contributed by atoms with Gasteiger partial charge in [0.25, 0.3) is 11.6 Å². The third kappa shape index (κ3) is 4.99. The van der Waals surface area contributed by atoms with Gasteiger partial charge in [-0.15, -0.1) is 0 Å². The largest absolute Gasteiger partial charge is 0.479 e. The van der Waals surface area contributed by atoms with Gasteiger partial charge in [0, 0.05) is 44.9 Å². The molecule has 0 saturated carbocycles. The fraction of sp³-hybridized carbons (Fsp3) is 0.350. The fourth-order valence-electron chi connectivity index (χ4n) is 3.16. The smallest absolute Gasteiger partial charge is 0.271 e. The molecule has 2 aromatic carbocycles. The summed E-state index contributed by atoms with van der Waals surface area (Å²) >= 11 is 6.04. The van der Waals surface area contributed by atoms with Crippen LogP contribution in [0.15, 0.2) is 48.5 Å². The second-order valence-electron chi connectivity index (χ2n) is 6.72. The number of hydrogen-bond acceptors (Lipinski definition) is 5. The molecule has 0 bridgehead atoms. The van der Waals surface area contributed by atoms with E-state index in [9.17, 15) is 14.9 Å². The van der Waals surface area contributed by atoms with Gasteiger partial charge in [-0.05, 0) is 18.6 Å². The number of nitro groups is 1. The van der Waals surface area contributed by atoms with Gasteiger partial charge in [-0.3, -0.25) is 19.8 Å². The Morgan fingerprint density at radius 2 is 1.86 bits per heavy atom. The van der Waals surface area contributed by atoms with Gasteiger partial charge >= 0.3 is 0 Å². The van der Waals surface area contributed by atoms with Crippen LogP contribution in [-0.2, 0) is 11.3 Å². The molecule has 1 amide bonds. The summed E-state index contributed by atoms with van der Waals surface area (Å²) in [5, 5.41) is 10.9. The molecule has 8 heteroatoms. The maximum Gasteiger partial charge on any atom is 0.271 e. The van der Waals surface area contributed by atoms with Crippen molar-refractivity contribution in [2.75, 3.05) is 26.2 Å². The average molecular weight is 404 g/mol. The van der Waals surface area contributed by atoms with E-state index in [1.54, 1.807) is 11.8 Å². The minimum Gasteiger partial charge on any atom is -0.479 e. The van der Waals surface area contributed by atoms with E-state index in [4.69, 9.17) is 16.3 Å². The molecule has 7 nitrogen and oxygen atoms in total. The van der Waals surface area contributed by atoms with Gasteiger partial charge in [0.15, 0.2) is 6.10 Å². The molecule has 148 valence electrons. The highest BCUT2D eigenvalue weighted by Gasteiger charge is 2.26. The summed E-state index contributed by atoms with van der Waals surface area (Å²) in [5.41, 5.74) is 1.14. The number of ether oxygens (including phenoxy) is 1. The predicted octanol–water partition coefficient (Wildman–Crippen LogP) is 3.36. The summed E-state index contributed by atoms with van der Waals surface area (Å²) in [6.45, 7) is 5.39. The third-order valence-electron chi connectivity index (χ3n) is 4.71. The zero-order valence-electron chi connectivity index (χ0n) is 15.6. The van der Waals surface area contributed by atoms with Gasteiger partial charge in [-0.1, -0.05) is 41.9 Å². The Morgan fingerprint density at radius 3 is 2.46 bits per heavy atom. The minimum absolute atomic E-state index is 0.113. The van der Waals surface area contributed by atoms with E-state index in [1.165, 1.54) is 23.8 Å². The van der Waals surface area contributed by atoms with Crippen molar-refractivity contribution >= 4 is 23.2 Å². The molecular weight excluding hydrogens is 382 g/mol. The van der Waals surface area contributed by atoms with Gasteiger partial charge in [0.2, 0.25) is 0 Å². The van der Waals surface area contributed by atoms with Crippen LogP contribution in [0.2, 0.25) is 5.02 Å². The Hall–Kier alpha value is -2.64. The van der Waals surface area contributed by atoms with Crippen LogP contribution in [0.25, 0.3) is 0 Å². The number of carbonyl (C=O) groups excluding carboxylic acids is 1. The Bertz CT molecular complexity index is 839. The van der Waals surface area contributed by atoms with Gasteiger partial charge in [0.1, 0.15) is 5.75 Å². The first kappa shape index (κ1) is 20.1. The van der Waals surface area contributed by atoms with Gasteiger partial charge in [0.05, 0.1) is 9.95 Å². The van der Waals surface area contributed by atoms with Gasteiger partial charge < -0.3 is 9.64 Å². The molecule has 0 N–H and O–H groups in total. The van der Waals surface area contributed by atoms with E-state index in [2.05, 4.69) is 17.0 Å². The molecule has 1 atom stereocenters. The number of non-ortho nitro benzene ring substituents is 1. The Balaban J connectivity index is 1.52. The maximum absolute atomic E-state index is 12.7. The highest BCUT2D eigenvalue weighted by Crippen LogP contribution is 2.29. The molecule has 28 heavy (non-hydrogen) atoms. The molecule has 2 aromatic rings. The van der Waals surface area contributed by atoms with E-state index in [-0.39, 0.29) is 22.4 Å². The van der Waals surface area contributed by atoms with Crippen molar-refractivity contribution in [2.24, 2.45) is 0 Å². The number of hydrogen-bond donors (Lipinski definition) is 0. The number of benzene rings is 2. The van der Waals surface area contributed by atoms with Crippen molar-refractivity contribution in [1.82, 2.24) is 9.80 Å². The van der Waals surface area contributed by atoms with Crippen LogP contribution in [0.3, 0.4) is 0 Å². The van der Waals surface area contributed by atoms with E-state index in [0.29, 0.717) is 13.1 Å². The molecule has 3 rings (SSSR count). The van der Waals surface area contributed by atoms with Gasteiger partial charge in [-0.2, -0.15) is 0 Å². The quantitative estimate of drug-likeness (QED) is 0.546. The molecule has 0 spiro atoms. The normalized spacial score (nSPS) is 15.9. The molecular formula is C20H22ClN3O4. The summed E-state index contributed by atoms with van der Waals surface area (Å²) in [4.78, 5) is 27.0. The summed E-state index contributed by atoms with van der Waals surface area (Å²) < 4.78 is 5.66. The molecule has 1 unspecified atom stereocenters. The first-order valence-corrected chi connectivity index (χ1v) is 9.47. The number of rotatable bonds is 6. The van der Waals surface area contributed by atoms with Crippen LogP contribution < -0.4 is 4.74 Å². The molecule has 0 aromatic heterocycles. The van der Waals surface area contributed by atoms with Crippen molar-refractivity contribution in [3.05, 3.63) is 69.2 Å². The highest BCUT2D eigenvalue weighted by atomic mass is 35.5. The van der Waals surface area contributed by atoms with Crippen molar-refractivity contribution in [3.8, 4) is 5.75 Å². The van der Waals surface area contributed by atoms with E-state index in [0.717, 1.165) is 19.6 Å². The summed E-state index contributed by atoms with van der Waals surface area (Å²) in [5.74, 6) is 0.143. The minimum atomic E-state index is -0.723. The monoisotopic (exact) mass is 403 g/mol. The van der Waals surface area contributed by atoms with Crippen molar-refractivity contribution in [2.45, 2.75) is 19.6 Å². The van der Waals surface area contributed by atoms with Crippen LogP contribution in [-0.4, -0.2) is 52.9 Å². The molecule has 0 aliphatic carbocycles. The standard InChI is InChI=1S/C20H22ClN3O4/c1-15(28-19-8-7-17(24(26)27)13-18(19)21)20(25)23-11-9-22(10-12-23)14-16-5-3-2-4-6-16/h2-8,13,15H,9-12,14H2,1H3. The zero-order chi connectivity index (χ0) is 20.1. The van der Waals surface area contributed by atoms with Gasteiger partial charge in [-0.25, -0.2) is 0 Å². The van der Waals surface area contributed by atoms with Crippen LogP contribution in [0.5, 0.6) is 5.75 Å². The number of amides is 1. The lowest BCUT2D eigenvalue weighted by Crippen LogP contribution is -2.51. The topological polar surface area (TPSA) is 75.9 Å². The Morgan fingerprint density at radius 1 is 1.18 bits per heavy atom. The fourth-order valence-corrected chi connectivity index (χ4v) is 3.38. The van der Waals surface area contributed by atoms with Crippen LogP contribution in [0.4, 0.5) is 5.69 Å². The molecule has 0 radical (unpaired) electrons. The van der Waals surface area contributed by atoms with Crippen molar-refractivity contribution < 1.29 is 14.5 Å². The van der Waals surface area contributed by atoms with Crippen molar-refractivity contribution in [3.63, 3.8) is 0 Å². The van der Waals surface area contributed by atoms with E-state index >= 15 is 0 Å². The Kier molecular flexibility index (Phi) is 6.49. The average Bonchev–Trinajstić information content (AvgIpc) is 2.70. The lowest BCUT2D eigenvalue weighted by molar-refractivity contribution is -0.384. The molecule has 1 fully saturated rings. The van der Waals surface area contributed by atoms with Crippen LogP contribution in [0, 0.1) is 10.1 Å². The number of piperazine rings is 1. The summed E-state index contributed by atoms with van der Waals surface area (Å²) in [6.07, 6.45) is -0.723. The number of carbonyl (C=O) groups is 1. The Labute approximate surface area is 168 Å². The first-order valence-electron chi connectivity index (χ1n) is 9.09. The third-order valence-corrected chi connectivity index (χ3v) is 5.01. The van der Waals surface area contributed by atoms with Crippen molar-refractivity contribution in [1.29, 1.82) is 0 Å². The summed E-state index contributed by atoms with van der Waals surface area (Å²) in [7, 11) is 0. The van der Waals surface area contributed by atoms with Crippen LogP contribution in [0.1, 0.15) is 12.5 Å². The lowest BCUT2D eigenvalue weighted by Gasteiger charge is -2.35. The predicted molar refractivity (Wildman–Crippen MR) is 106 cm³/mol. The number of halogens is 1. The molecule has 1 heterocycles. The summed E-state index contributed by atoms with van der Waals surface area (Å²) in [6, 6.07) is 14.2. The molecule has 1 aliphatic rings. The zero-order valence-corrected chi connectivity index (χ0v) is 16.3. The highest BCUT2D eigenvalue weighted by molar-refractivity contribution is 6.32. The second kappa shape index (κ2) is 9.03. The number of nitro benzene ring substituents is 1. The van der Waals surface area contributed by atoms with Crippen LogP contribution >= 0.6 is 11.6 Å².